The van der Waals surface area contributed by atoms with Gasteiger partial charge in [0.05, 0.1) is 0 Å². The molecule has 0 atom stereocenters. The molecule has 0 saturated carbocycles. The summed E-state index contributed by atoms with van der Waals surface area (Å²) in [6.07, 6.45) is 2.89. The lowest BCUT2D eigenvalue weighted by atomic mass is 10.2. The van der Waals surface area contributed by atoms with Crippen molar-refractivity contribution in [3.05, 3.63) is 41.7 Å². The summed E-state index contributed by atoms with van der Waals surface area (Å²) in [6, 6.07) is 7.85. The van der Waals surface area contributed by atoms with Crippen LogP contribution in [0.2, 0.25) is 0 Å². The molecule has 1 aromatic carbocycles. The van der Waals surface area contributed by atoms with Gasteiger partial charge in [-0.2, -0.15) is 0 Å². The number of benzene rings is 1. The smallest absolute Gasteiger partial charge is 0.278 e. The van der Waals surface area contributed by atoms with Crippen molar-refractivity contribution in [1.29, 1.82) is 0 Å². The van der Waals surface area contributed by atoms with E-state index >= 15 is 0 Å². The third-order valence-corrected chi connectivity index (χ3v) is 3.64. The summed E-state index contributed by atoms with van der Waals surface area (Å²) >= 11 is 0. The van der Waals surface area contributed by atoms with E-state index in [1.54, 1.807) is 11.9 Å². The van der Waals surface area contributed by atoms with Gasteiger partial charge in [0.15, 0.2) is 0 Å². The Balaban J connectivity index is 1.89. The SMILES string of the molecule is Cc1ccccc1N(C)C(=O)c1cn2c(n1)NCCC2. The molecule has 0 saturated heterocycles. The van der Waals surface area contributed by atoms with Crippen molar-refractivity contribution in [3.63, 3.8) is 0 Å². The van der Waals surface area contributed by atoms with Gasteiger partial charge in [0, 0.05) is 32.0 Å². The van der Waals surface area contributed by atoms with Gasteiger partial charge in [0.2, 0.25) is 5.95 Å². The number of aromatic nitrogens is 2. The fourth-order valence-corrected chi connectivity index (χ4v) is 2.50. The highest BCUT2D eigenvalue weighted by Crippen LogP contribution is 2.21. The van der Waals surface area contributed by atoms with Crippen LogP contribution in [0.1, 0.15) is 22.5 Å². The van der Waals surface area contributed by atoms with Crippen LogP contribution in [0.15, 0.2) is 30.5 Å². The first-order valence-electron chi connectivity index (χ1n) is 6.81. The Labute approximate surface area is 118 Å². The minimum atomic E-state index is -0.0806. The molecule has 0 aliphatic carbocycles. The molecule has 2 heterocycles. The van der Waals surface area contributed by atoms with Gasteiger partial charge in [-0.3, -0.25) is 4.79 Å². The van der Waals surface area contributed by atoms with Gasteiger partial charge in [-0.15, -0.1) is 0 Å². The van der Waals surface area contributed by atoms with Crippen LogP contribution < -0.4 is 10.2 Å². The summed E-state index contributed by atoms with van der Waals surface area (Å²) in [5.41, 5.74) is 2.47. The number of nitrogens with zero attached hydrogens (tertiary/aromatic N) is 3. The fraction of sp³-hybridized carbons (Fsp3) is 0.333. The molecule has 20 heavy (non-hydrogen) atoms. The zero-order chi connectivity index (χ0) is 14.1. The van der Waals surface area contributed by atoms with Crippen molar-refractivity contribution in [3.8, 4) is 0 Å². The Hall–Kier alpha value is -2.30. The van der Waals surface area contributed by atoms with Crippen molar-refractivity contribution in [1.82, 2.24) is 9.55 Å². The second kappa shape index (κ2) is 5.00. The summed E-state index contributed by atoms with van der Waals surface area (Å²) in [5.74, 6) is 0.709. The van der Waals surface area contributed by atoms with Crippen molar-refractivity contribution in [2.45, 2.75) is 19.9 Å². The van der Waals surface area contributed by atoms with Gasteiger partial charge < -0.3 is 14.8 Å². The molecule has 0 bridgehead atoms. The molecule has 3 rings (SSSR count). The number of amides is 1. The number of nitrogens with one attached hydrogen (secondary N) is 1. The number of hydrogen-bond acceptors (Lipinski definition) is 3. The number of aryl methyl sites for hydroxylation is 2. The van der Waals surface area contributed by atoms with E-state index in [0.29, 0.717) is 5.69 Å². The summed E-state index contributed by atoms with van der Waals surface area (Å²) in [7, 11) is 1.79. The zero-order valence-corrected chi connectivity index (χ0v) is 11.8. The fourth-order valence-electron chi connectivity index (χ4n) is 2.50. The predicted molar refractivity (Wildman–Crippen MR) is 79.2 cm³/mol. The first-order chi connectivity index (χ1) is 9.66. The van der Waals surface area contributed by atoms with Crippen molar-refractivity contribution >= 4 is 17.5 Å². The van der Waals surface area contributed by atoms with Crippen molar-refractivity contribution < 1.29 is 4.79 Å². The van der Waals surface area contributed by atoms with Gasteiger partial charge in [-0.25, -0.2) is 4.98 Å². The van der Waals surface area contributed by atoms with Gasteiger partial charge in [-0.1, -0.05) is 18.2 Å². The second-order valence-corrected chi connectivity index (χ2v) is 5.07. The maximum absolute atomic E-state index is 12.5. The molecule has 5 heteroatoms. The quantitative estimate of drug-likeness (QED) is 0.911. The minimum absolute atomic E-state index is 0.0806. The zero-order valence-electron chi connectivity index (χ0n) is 11.8. The van der Waals surface area contributed by atoms with E-state index in [-0.39, 0.29) is 5.91 Å². The number of para-hydroxylation sites is 1. The van der Waals surface area contributed by atoms with E-state index in [1.165, 1.54) is 0 Å². The topological polar surface area (TPSA) is 50.2 Å². The molecule has 2 aromatic rings. The van der Waals surface area contributed by atoms with Crippen molar-refractivity contribution in [2.24, 2.45) is 0 Å². The molecular weight excluding hydrogens is 252 g/mol. The summed E-state index contributed by atoms with van der Waals surface area (Å²) in [6.45, 7) is 3.83. The van der Waals surface area contributed by atoms with E-state index in [4.69, 9.17) is 0 Å². The third-order valence-electron chi connectivity index (χ3n) is 3.64. The monoisotopic (exact) mass is 270 g/mol. The van der Waals surface area contributed by atoms with Gasteiger partial charge >= 0.3 is 0 Å². The Morgan fingerprint density at radius 1 is 1.40 bits per heavy atom. The Kier molecular flexibility index (Phi) is 3.18. The number of carbonyl (C=O) groups is 1. The average molecular weight is 270 g/mol. The molecule has 104 valence electrons. The average Bonchev–Trinajstić information content (AvgIpc) is 2.90. The maximum atomic E-state index is 12.5. The van der Waals surface area contributed by atoms with Crippen LogP contribution in [0, 0.1) is 6.92 Å². The van der Waals surface area contributed by atoms with E-state index in [1.807, 2.05) is 42.0 Å². The molecule has 0 unspecified atom stereocenters. The van der Waals surface area contributed by atoms with Crippen LogP contribution in [0.5, 0.6) is 0 Å². The predicted octanol–water partition coefficient (Wildman–Crippen LogP) is 2.28. The first kappa shape index (κ1) is 12.7. The van der Waals surface area contributed by atoms with E-state index in [2.05, 4.69) is 10.3 Å². The van der Waals surface area contributed by atoms with Gasteiger partial charge in [-0.05, 0) is 25.0 Å². The molecular formula is C15H18N4O. The number of fused-ring (bicyclic) bond motifs is 1. The largest absolute Gasteiger partial charge is 0.356 e. The van der Waals surface area contributed by atoms with Crippen LogP contribution >= 0.6 is 0 Å². The second-order valence-electron chi connectivity index (χ2n) is 5.07. The van der Waals surface area contributed by atoms with E-state index in [0.717, 1.165) is 36.7 Å². The van der Waals surface area contributed by atoms with Crippen LogP contribution in [0.3, 0.4) is 0 Å². The van der Waals surface area contributed by atoms with E-state index < -0.39 is 0 Å². The normalized spacial score (nSPS) is 13.5. The number of imidazole rings is 1. The van der Waals surface area contributed by atoms with Gasteiger partial charge in [0.1, 0.15) is 5.69 Å². The molecule has 1 N–H and O–H groups in total. The minimum Gasteiger partial charge on any atom is -0.356 e. The number of carbonyl (C=O) groups excluding carboxylic acids is 1. The maximum Gasteiger partial charge on any atom is 0.278 e. The Bertz CT molecular complexity index is 624. The lowest BCUT2D eigenvalue weighted by molar-refractivity contribution is 0.0988. The molecule has 1 aliphatic heterocycles. The third kappa shape index (κ3) is 2.15. The highest BCUT2D eigenvalue weighted by molar-refractivity contribution is 6.05. The van der Waals surface area contributed by atoms with Crippen molar-refractivity contribution in [2.75, 3.05) is 23.8 Å². The molecule has 1 aromatic heterocycles. The van der Waals surface area contributed by atoms with Crippen LogP contribution in [0.25, 0.3) is 0 Å². The summed E-state index contributed by atoms with van der Waals surface area (Å²) in [5, 5.41) is 3.21. The summed E-state index contributed by atoms with van der Waals surface area (Å²) in [4.78, 5) is 18.6. The van der Waals surface area contributed by atoms with Crippen LogP contribution in [-0.2, 0) is 6.54 Å². The standard InChI is InChI=1S/C15H18N4O/c1-11-6-3-4-7-13(11)18(2)14(20)12-10-19-9-5-8-16-15(19)17-12/h3-4,6-7,10H,5,8-9H2,1-2H3,(H,16,17). The lowest BCUT2D eigenvalue weighted by Crippen LogP contribution is -2.27. The molecule has 1 amide bonds. The molecule has 0 fully saturated rings. The number of anilines is 2. The molecule has 0 spiro atoms. The lowest BCUT2D eigenvalue weighted by Gasteiger charge is -2.18. The highest BCUT2D eigenvalue weighted by Gasteiger charge is 2.20. The van der Waals surface area contributed by atoms with Crippen LogP contribution in [-0.4, -0.2) is 29.1 Å². The first-order valence-corrected chi connectivity index (χ1v) is 6.81. The highest BCUT2D eigenvalue weighted by atomic mass is 16.2. The number of rotatable bonds is 2. The molecule has 1 aliphatic rings. The van der Waals surface area contributed by atoms with Crippen LogP contribution in [0.4, 0.5) is 11.6 Å². The number of hydrogen-bond donors (Lipinski definition) is 1. The van der Waals surface area contributed by atoms with E-state index in [9.17, 15) is 4.79 Å². The molecule has 5 nitrogen and oxygen atoms in total. The molecule has 0 radical (unpaired) electrons. The Morgan fingerprint density at radius 3 is 2.95 bits per heavy atom. The summed E-state index contributed by atoms with van der Waals surface area (Å²) < 4.78 is 2.00. The van der Waals surface area contributed by atoms with Gasteiger partial charge in [0.25, 0.3) is 5.91 Å². The Morgan fingerprint density at radius 2 is 2.20 bits per heavy atom.